The number of hydrogen-bond acceptors (Lipinski definition) is 4. The van der Waals surface area contributed by atoms with Gasteiger partial charge in [0.15, 0.2) is 0 Å². The van der Waals surface area contributed by atoms with Gasteiger partial charge in [-0.25, -0.2) is 0 Å². The van der Waals surface area contributed by atoms with Crippen LogP contribution in [0.4, 0.5) is 0 Å². The summed E-state index contributed by atoms with van der Waals surface area (Å²) in [6.07, 6.45) is 4.33. The summed E-state index contributed by atoms with van der Waals surface area (Å²) in [6, 6.07) is 11.7. The van der Waals surface area contributed by atoms with Crippen molar-refractivity contribution in [1.82, 2.24) is 14.8 Å². The van der Waals surface area contributed by atoms with Gasteiger partial charge in [0.1, 0.15) is 5.75 Å². The fourth-order valence-corrected chi connectivity index (χ4v) is 3.00. The van der Waals surface area contributed by atoms with E-state index in [2.05, 4.69) is 22.0 Å². The van der Waals surface area contributed by atoms with Crippen LogP contribution in [0.5, 0.6) is 5.75 Å². The van der Waals surface area contributed by atoms with E-state index in [1.807, 2.05) is 17.0 Å². The number of methoxy groups -OCH3 is 1. The Morgan fingerprint density at radius 3 is 2.50 bits per heavy atom. The predicted octanol–water partition coefficient (Wildman–Crippen LogP) is 2.44. The van der Waals surface area contributed by atoms with Crippen LogP contribution in [0.2, 0.25) is 0 Å². The Bertz CT molecular complexity index is 658. The van der Waals surface area contributed by atoms with Crippen molar-refractivity contribution in [2.45, 2.75) is 13.0 Å². The quantitative estimate of drug-likeness (QED) is 0.866. The third-order valence-electron chi connectivity index (χ3n) is 4.37. The number of amides is 1. The Hall–Kier alpha value is -2.40. The Balaban J connectivity index is 1.57. The average Bonchev–Trinajstić information content (AvgIpc) is 2.88. The standard InChI is InChI=1S/C19H23N3O2/c1-24-18-5-3-16(4-6-18)15-21-11-2-12-22(14-13-21)19(23)17-7-9-20-10-8-17/h3-10H,2,11-15H2,1H3. The van der Waals surface area contributed by atoms with E-state index in [0.717, 1.165) is 44.9 Å². The maximum absolute atomic E-state index is 12.6. The zero-order valence-corrected chi connectivity index (χ0v) is 14.0. The van der Waals surface area contributed by atoms with E-state index < -0.39 is 0 Å². The van der Waals surface area contributed by atoms with Crippen molar-refractivity contribution in [1.29, 1.82) is 0 Å². The van der Waals surface area contributed by atoms with Gasteiger partial charge in [-0.3, -0.25) is 14.7 Å². The number of pyridine rings is 1. The van der Waals surface area contributed by atoms with E-state index in [4.69, 9.17) is 4.74 Å². The summed E-state index contributed by atoms with van der Waals surface area (Å²) in [7, 11) is 1.68. The number of aromatic nitrogens is 1. The maximum Gasteiger partial charge on any atom is 0.254 e. The molecule has 1 amide bonds. The van der Waals surface area contributed by atoms with Crippen LogP contribution >= 0.6 is 0 Å². The van der Waals surface area contributed by atoms with Crippen molar-refractivity contribution >= 4 is 5.91 Å². The molecule has 0 N–H and O–H groups in total. The van der Waals surface area contributed by atoms with Crippen LogP contribution in [0.1, 0.15) is 22.3 Å². The molecule has 0 radical (unpaired) electrons. The number of rotatable bonds is 4. The largest absolute Gasteiger partial charge is 0.497 e. The molecule has 1 aromatic carbocycles. The maximum atomic E-state index is 12.6. The molecule has 1 fully saturated rings. The molecule has 0 aliphatic carbocycles. The molecule has 126 valence electrons. The second kappa shape index (κ2) is 7.93. The van der Waals surface area contributed by atoms with Gasteiger partial charge in [-0.2, -0.15) is 0 Å². The molecule has 3 rings (SSSR count). The van der Waals surface area contributed by atoms with E-state index in [1.165, 1.54) is 5.56 Å². The molecule has 5 nitrogen and oxygen atoms in total. The summed E-state index contributed by atoms with van der Waals surface area (Å²) in [5, 5.41) is 0. The zero-order valence-electron chi connectivity index (χ0n) is 14.0. The van der Waals surface area contributed by atoms with Crippen LogP contribution < -0.4 is 4.74 Å². The third kappa shape index (κ3) is 4.11. The molecule has 0 saturated carbocycles. The van der Waals surface area contributed by atoms with Crippen molar-refractivity contribution < 1.29 is 9.53 Å². The molecular formula is C19H23N3O2. The molecule has 0 unspecified atom stereocenters. The van der Waals surface area contributed by atoms with Gasteiger partial charge < -0.3 is 9.64 Å². The van der Waals surface area contributed by atoms with Crippen LogP contribution in [0.15, 0.2) is 48.8 Å². The first-order chi connectivity index (χ1) is 11.8. The van der Waals surface area contributed by atoms with Crippen molar-refractivity contribution in [3.05, 3.63) is 59.9 Å². The summed E-state index contributed by atoms with van der Waals surface area (Å²) >= 11 is 0. The molecule has 1 aromatic heterocycles. The molecule has 1 saturated heterocycles. The molecule has 1 aliphatic rings. The van der Waals surface area contributed by atoms with Gasteiger partial charge in [0, 0.05) is 50.7 Å². The smallest absolute Gasteiger partial charge is 0.254 e. The predicted molar refractivity (Wildman–Crippen MR) is 93.0 cm³/mol. The number of nitrogens with zero attached hydrogens (tertiary/aromatic N) is 3. The van der Waals surface area contributed by atoms with Crippen LogP contribution in [-0.2, 0) is 6.54 Å². The highest BCUT2D eigenvalue weighted by atomic mass is 16.5. The molecule has 2 aromatic rings. The molecule has 0 bridgehead atoms. The second-order valence-corrected chi connectivity index (χ2v) is 6.01. The van der Waals surface area contributed by atoms with Crippen LogP contribution in [-0.4, -0.2) is 54.0 Å². The molecule has 24 heavy (non-hydrogen) atoms. The van der Waals surface area contributed by atoms with Gasteiger partial charge in [-0.1, -0.05) is 12.1 Å². The third-order valence-corrected chi connectivity index (χ3v) is 4.37. The first-order valence-electron chi connectivity index (χ1n) is 8.31. The highest BCUT2D eigenvalue weighted by Crippen LogP contribution is 2.15. The van der Waals surface area contributed by atoms with Crippen LogP contribution in [0, 0.1) is 0 Å². The normalized spacial score (nSPS) is 15.8. The van der Waals surface area contributed by atoms with E-state index in [9.17, 15) is 4.79 Å². The molecule has 0 atom stereocenters. The van der Waals surface area contributed by atoms with Gasteiger partial charge in [-0.15, -0.1) is 0 Å². The number of benzene rings is 1. The molecule has 0 spiro atoms. The van der Waals surface area contributed by atoms with Gasteiger partial charge in [0.2, 0.25) is 0 Å². The van der Waals surface area contributed by atoms with Crippen molar-refractivity contribution in [2.24, 2.45) is 0 Å². The number of carbonyl (C=O) groups is 1. The van der Waals surface area contributed by atoms with E-state index >= 15 is 0 Å². The fourth-order valence-electron chi connectivity index (χ4n) is 3.00. The highest BCUT2D eigenvalue weighted by molar-refractivity contribution is 5.94. The Morgan fingerprint density at radius 1 is 1.04 bits per heavy atom. The minimum Gasteiger partial charge on any atom is -0.497 e. The zero-order chi connectivity index (χ0) is 16.8. The van der Waals surface area contributed by atoms with E-state index in [0.29, 0.717) is 5.56 Å². The monoisotopic (exact) mass is 325 g/mol. The minimum atomic E-state index is 0.101. The second-order valence-electron chi connectivity index (χ2n) is 6.01. The fraction of sp³-hybridized carbons (Fsp3) is 0.368. The molecule has 5 heteroatoms. The summed E-state index contributed by atoms with van der Waals surface area (Å²) in [5.74, 6) is 0.979. The topological polar surface area (TPSA) is 45.7 Å². The minimum absolute atomic E-state index is 0.101. The summed E-state index contributed by atoms with van der Waals surface area (Å²) in [4.78, 5) is 20.9. The summed E-state index contributed by atoms with van der Waals surface area (Å²) in [5.41, 5.74) is 1.98. The summed E-state index contributed by atoms with van der Waals surface area (Å²) < 4.78 is 5.20. The van der Waals surface area contributed by atoms with Gasteiger partial charge >= 0.3 is 0 Å². The Labute approximate surface area is 142 Å². The number of hydrogen-bond donors (Lipinski definition) is 0. The lowest BCUT2D eigenvalue weighted by molar-refractivity contribution is 0.0761. The van der Waals surface area contributed by atoms with E-state index in [-0.39, 0.29) is 5.91 Å². The number of ether oxygens (including phenoxy) is 1. The summed E-state index contributed by atoms with van der Waals surface area (Å²) in [6.45, 7) is 4.37. The van der Waals surface area contributed by atoms with Crippen LogP contribution in [0.3, 0.4) is 0 Å². The lowest BCUT2D eigenvalue weighted by Gasteiger charge is -2.22. The van der Waals surface area contributed by atoms with Gasteiger partial charge in [0.05, 0.1) is 7.11 Å². The lowest BCUT2D eigenvalue weighted by Crippen LogP contribution is -2.35. The van der Waals surface area contributed by atoms with Crippen molar-refractivity contribution in [3.63, 3.8) is 0 Å². The average molecular weight is 325 g/mol. The first-order valence-corrected chi connectivity index (χ1v) is 8.31. The van der Waals surface area contributed by atoms with Crippen molar-refractivity contribution in [2.75, 3.05) is 33.3 Å². The molecule has 2 heterocycles. The van der Waals surface area contributed by atoms with E-state index in [1.54, 1.807) is 31.6 Å². The Kier molecular flexibility index (Phi) is 5.43. The molecule has 1 aliphatic heterocycles. The number of carbonyl (C=O) groups excluding carboxylic acids is 1. The van der Waals surface area contributed by atoms with Crippen LogP contribution in [0.25, 0.3) is 0 Å². The molecular weight excluding hydrogens is 302 g/mol. The van der Waals surface area contributed by atoms with Crippen molar-refractivity contribution in [3.8, 4) is 5.75 Å². The SMILES string of the molecule is COc1ccc(CN2CCCN(C(=O)c3ccncc3)CC2)cc1. The lowest BCUT2D eigenvalue weighted by atomic mass is 10.2. The van der Waals surface area contributed by atoms with Gasteiger partial charge in [-0.05, 0) is 36.2 Å². The van der Waals surface area contributed by atoms with Gasteiger partial charge in [0.25, 0.3) is 5.91 Å². The first kappa shape index (κ1) is 16.5. The highest BCUT2D eigenvalue weighted by Gasteiger charge is 2.20. The Morgan fingerprint density at radius 2 is 1.79 bits per heavy atom.